The number of nitrogens with zero attached hydrogens (tertiary/aromatic N) is 3. The highest BCUT2D eigenvalue weighted by Crippen LogP contribution is 2.29. The monoisotopic (exact) mass is 227 g/mol. The molecule has 4 nitrogen and oxygen atoms in total. The van der Waals surface area contributed by atoms with Gasteiger partial charge in [-0.1, -0.05) is 11.2 Å². The number of benzene rings is 1. The van der Waals surface area contributed by atoms with E-state index in [9.17, 15) is 0 Å². The molecule has 4 heteroatoms. The zero-order chi connectivity index (χ0) is 11.8. The molecule has 0 bridgehead atoms. The molecule has 3 rings (SSSR count). The molecule has 0 saturated carbocycles. The summed E-state index contributed by atoms with van der Waals surface area (Å²) in [5.41, 5.74) is 4.17. The van der Waals surface area contributed by atoms with Gasteiger partial charge in [-0.25, -0.2) is 0 Å². The molecule has 0 atom stereocenters. The van der Waals surface area contributed by atoms with Gasteiger partial charge in [0.1, 0.15) is 0 Å². The van der Waals surface area contributed by atoms with Crippen molar-refractivity contribution in [1.82, 2.24) is 5.16 Å². The molecule has 0 radical (unpaired) electrons. The molecule has 1 aromatic heterocycles. The molecular weight excluding hydrogens is 214 g/mol. The quantitative estimate of drug-likeness (QED) is 0.752. The fraction of sp³-hybridized carbons (Fsp3) is 0.231. The lowest BCUT2D eigenvalue weighted by molar-refractivity contribution is 0.457. The molecule has 2 heterocycles. The van der Waals surface area contributed by atoms with Gasteiger partial charge in [-0.15, -0.1) is 0 Å². The summed E-state index contributed by atoms with van der Waals surface area (Å²) in [4.78, 5) is 6.28. The van der Waals surface area contributed by atoms with E-state index in [-0.39, 0.29) is 0 Å². The molecule has 0 saturated heterocycles. The standard InChI is InChI=1S/C13H13N3O/c1-9-5-14-8-16(7-9)12-4-3-10(2)11-6-15-17-13(11)12/h3-4,6-8H,5H2,1-2H3. The third kappa shape index (κ3) is 1.62. The molecule has 2 aromatic rings. The van der Waals surface area contributed by atoms with E-state index in [2.05, 4.69) is 36.3 Å². The smallest absolute Gasteiger partial charge is 0.191 e. The average molecular weight is 227 g/mol. The molecule has 17 heavy (non-hydrogen) atoms. The SMILES string of the molecule is CC1=CN(c2ccc(C)c3cnoc23)C=NC1. The van der Waals surface area contributed by atoms with Gasteiger partial charge in [0, 0.05) is 11.6 Å². The van der Waals surface area contributed by atoms with Crippen molar-refractivity contribution in [1.29, 1.82) is 0 Å². The van der Waals surface area contributed by atoms with Gasteiger partial charge < -0.3 is 9.42 Å². The second kappa shape index (κ2) is 3.73. The van der Waals surface area contributed by atoms with E-state index in [1.807, 2.05) is 17.3 Å². The summed E-state index contributed by atoms with van der Waals surface area (Å²) in [5, 5.41) is 4.92. The fourth-order valence-electron chi connectivity index (χ4n) is 1.99. The number of aromatic nitrogens is 1. The molecule has 86 valence electrons. The maximum Gasteiger partial charge on any atom is 0.191 e. The van der Waals surface area contributed by atoms with E-state index in [4.69, 9.17) is 4.52 Å². The Morgan fingerprint density at radius 2 is 2.18 bits per heavy atom. The van der Waals surface area contributed by atoms with E-state index < -0.39 is 0 Å². The van der Waals surface area contributed by atoms with Crippen LogP contribution in [0.1, 0.15) is 12.5 Å². The average Bonchev–Trinajstić information content (AvgIpc) is 2.79. The van der Waals surface area contributed by atoms with Crippen LogP contribution >= 0.6 is 0 Å². The van der Waals surface area contributed by atoms with Crippen molar-refractivity contribution >= 4 is 23.0 Å². The number of hydrogen-bond acceptors (Lipinski definition) is 4. The first-order valence-corrected chi connectivity index (χ1v) is 5.55. The highest BCUT2D eigenvalue weighted by atomic mass is 16.5. The first-order valence-electron chi connectivity index (χ1n) is 5.55. The molecule has 1 aromatic carbocycles. The van der Waals surface area contributed by atoms with Crippen LogP contribution in [-0.4, -0.2) is 18.0 Å². The summed E-state index contributed by atoms with van der Waals surface area (Å²) in [7, 11) is 0. The minimum Gasteiger partial charge on any atom is -0.354 e. The van der Waals surface area contributed by atoms with Gasteiger partial charge in [-0.3, -0.25) is 4.99 Å². The summed E-state index contributed by atoms with van der Waals surface area (Å²) >= 11 is 0. The van der Waals surface area contributed by atoms with Gasteiger partial charge >= 0.3 is 0 Å². The Balaban J connectivity index is 2.18. The Morgan fingerprint density at radius 1 is 1.29 bits per heavy atom. The van der Waals surface area contributed by atoms with E-state index in [1.165, 1.54) is 11.1 Å². The van der Waals surface area contributed by atoms with Gasteiger partial charge in [-0.2, -0.15) is 0 Å². The molecule has 0 spiro atoms. The van der Waals surface area contributed by atoms with Crippen LogP contribution in [0.2, 0.25) is 0 Å². The molecule has 0 fully saturated rings. The Bertz CT molecular complexity index is 625. The van der Waals surface area contributed by atoms with E-state index >= 15 is 0 Å². The first kappa shape index (κ1) is 10.1. The maximum absolute atomic E-state index is 5.34. The molecule has 0 amide bonds. The largest absolute Gasteiger partial charge is 0.354 e. The van der Waals surface area contributed by atoms with E-state index in [0.29, 0.717) is 0 Å². The van der Waals surface area contributed by atoms with Crippen LogP contribution in [0.25, 0.3) is 11.0 Å². The van der Waals surface area contributed by atoms with Crippen LogP contribution in [-0.2, 0) is 0 Å². The van der Waals surface area contributed by atoms with E-state index in [0.717, 1.165) is 23.2 Å². The topological polar surface area (TPSA) is 41.6 Å². The minimum absolute atomic E-state index is 0.766. The van der Waals surface area contributed by atoms with Crippen molar-refractivity contribution in [3.05, 3.63) is 35.7 Å². The summed E-state index contributed by atoms with van der Waals surface area (Å²) in [5.74, 6) is 0. The van der Waals surface area contributed by atoms with Crippen LogP contribution in [0.5, 0.6) is 0 Å². The molecule has 0 N–H and O–H groups in total. The highest BCUT2D eigenvalue weighted by Gasteiger charge is 2.13. The second-order valence-electron chi connectivity index (χ2n) is 4.31. The van der Waals surface area contributed by atoms with Crippen molar-refractivity contribution in [2.24, 2.45) is 4.99 Å². The Hall–Kier alpha value is -2.10. The zero-order valence-electron chi connectivity index (χ0n) is 9.84. The summed E-state index contributed by atoms with van der Waals surface area (Å²) in [6.07, 6.45) is 5.64. The van der Waals surface area contributed by atoms with Crippen molar-refractivity contribution in [3.63, 3.8) is 0 Å². The second-order valence-corrected chi connectivity index (χ2v) is 4.31. The molecular formula is C13H13N3O. The lowest BCUT2D eigenvalue weighted by Gasteiger charge is -2.19. The molecule has 1 aliphatic rings. The Labute approximate surface area is 99.2 Å². The van der Waals surface area contributed by atoms with Gasteiger partial charge in [-0.05, 0) is 31.1 Å². The Kier molecular flexibility index (Phi) is 2.21. The molecule has 0 unspecified atom stereocenters. The van der Waals surface area contributed by atoms with Crippen molar-refractivity contribution < 1.29 is 4.52 Å². The first-order chi connectivity index (χ1) is 8.25. The summed E-state index contributed by atoms with van der Waals surface area (Å²) in [6.45, 7) is 4.88. The Morgan fingerprint density at radius 3 is 3.00 bits per heavy atom. The number of rotatable bonds is 1. The number of aryl methyl sites for hydroxylation is 1. The van der Waals surface area contributed by atoms with Crippen molar-refractivity contribution in [2.45, 2.75) is 13.8 Å². The predicted molar refractivity (Wildman–Crippen MR) is 68.3 cm³/mol. The predicted octanol–water partition coefficient (Wildman–Crippen LogP) is 2.89. The lowest BCUT2D eigenvalue weighted by atomic mass is 10.1. The third-order valence-corrected chi connectivity index (χ3v) is 2.90. The number of aliphatic imine (C=N–C) groups is 1. The lowest BCUT2D eigenvalue weighted by Crippen LogP contribution is -2.18. The minimum atomic E-state index is 0.766. The van der Waals surface area contributed by atoms with Gasteiger partial charge in [0.15, 0.2) is 5.58 Å². The normalized spacial score (nSPS) is 15.4. The number of anilines is 1. The fourth-order valence-corrected chi connectivity index (χ4v) is 1.99. The number of fused-ring (bicyclic) bond motifs is 1. The van der Waals surface area contributed by atoms with Gasteiger partial charge in [0.05, 0.1) is 24.8 Å². The van der Waals surface area contributed by atoms with Crippen molar-refractivity contribution in [2.75, 3.05) is 11.4 Å². The van der Waals surface area contributed by atoms with Gasteiger partial charge in [0.2, 0.25) is 0 Å². The van der Waals surface area contributed by atoms with Crippen LogP contribution in [0.3, 0.4) is 0 Å². The summed E-state index contributed by atoms with van der Waals surface area (Å²) in [6, 6.07) is 4.10. The third-order valence-electron chi connectivity index (χ3n) is 2.90. The van der Waals surface area contributed by atoms with Crippen LogP contribution in [0, 0.1) is 6.92 Å². The summed E-state index contributed by atoms with van der Waals surface area (Å²) < 4.78 is 5.34. The highest BCUT2D eigenvalue weighted by molar-refractivity contribution is 5.98. The molecule has 0 aliphatic carbocycles. The molecule has 1 aliphatic heterocycles. The van der Waals surface area contributed by atoms with Crippen molar-refractivity contribution in [3.8, 4) is 0 Å². The maximum atomic E-state index is 5.34. The van der Waals surface area contributed by atoms with Crippen LogP contribution in [0.4, 0.5) is 5.69 Å². The number of hydrogen-bond donors (Lipinski definition) is 0. The van der Waals surface area contributed by atoms with Crippen LogP contribution < -0.4 is 4.90 Å². The van der Waals surface area contributed by atoms with E-state index in [1.54, 1.807) is 6.20 Å². The van der Waals surface area contributed by atoms with Crippen LogP contribution in [0.15, 0.2) is 39.6 Å². The van der Waals surface area contributed by atoms with Gasteiger partial charge in [0.25, 0.3) is 0 Å². The zero-order valence-corrected chi connectivity index (χ0v) is 9.84.